The summed E-state index contributed by atoms with van der Waals surface area (Å²) in [5.41, 5.74) is -0.914. The maximum atomic E-state index is 11.1. The van der Waals surface area contributed by atoms with Gasteiger partial charge in [-0.1, -0.05) is 11.8 Å². The fraction of sp³-hybridized carbons (Fsp3) is 0.385. The fourth-order valence-electron chi connectivity index (χ4n) is 1.82. The number of carboxylic acid groups (broad SMARTS) is 1. The number of rotatable bonds is 6. The minimum Gasteiger partial charge on any atom is -0.478 e. The van der Waals surface area contributed by atoms with Crippen LogP contribution in [0.15, 0.2) is 12.1 Å². The molecule has 0 aliphatic rings. The largest absolute Gasteiger partial charge is 0.478 e. The summed E-state index contributed by atoms with van der Waals surface area (Å²) in [5, 5.41) is 39.6. The van der Waals surface area contributed by atoms with E-state index in [1.807, 2.05) is 0 Å². The summed E-state index contributed by atoms with van der Waals surface area (Å²) in [4.78, 5) is 32.2. The Kier molecular flexibility index (Phi) is 6.03. The highest BCUT2D eigenvalue weighted by atomic mass is 32.2. The predicted molar refractivity (Wildman–Crippen MR) is 78.9 cm³/mol. The van der Waals surface area contributed by atoms with Gasteiger partial charge in [0.25, 0.3) is 5.69 Å². The highest BCUT2D eigenvalue weighted by molar-refractivity contribution is 8.13. The Morgan fingerprint density at radius 3 is 2.41 bits per heavy atom. The number of benzene rings is 1. The van der Waals surface area contributed by atoms with Gasteiger partial charge in [-0.3, -0.25) is 14.9 Å². The number of carbonyl (C=O) groups is 2. The van der Waals surface area contributed by atoms with Gasteiger partial charge >= 0.3 is 5.97 Å². The Hall–Kier alpha value is -1.97. The van der Waals surface area contributed by atoms with Gasteiger partial charge in [0.2, 0.25) is 0 Å². The lowest BCUT2D eigenvalue weighted by molar-refractivity contribution is -0.385. The standard InChI is InChI=1S/C13H15NO7S/c1-6-9(13(18)19)3-8(4-10(6)14(20)21)12(17)11(16)5-22-7(2)15/h3-4,11-12,16-17H,5H2,1-2H3,(H,18,19). The average Bonchev–Trinajstić information content (AvgIpc) is 2.43. The van der Waals surface area contributed by atoms with Crippen LogP contribution in [0.25, 0.3) is 0 Å². The van der Waals surface area contributed by atoms with Crippen LogP contribution in [0, 0.1) is 17.0 Å². The summed E-state index contributed by atoms with van der Waals surface area (Å²) >= 11 is 0.787. The molecular formula is C13H15NO7S. The number of carbonyl (C=O) groups excluding carboxylic acids is 1. The van der Waals surface area contributed by atoms with Crippen molar-refractivity contribution in [2.45, 2.75) is 26.1 Å². The van der Waals surface area contributed by atoms with Crippen LogP contribution in [-0.2, 0) is 4.79 Å². The molecule has 8 nitrogen and oxygen atoms in total. The maximum absolute atomic E-state index is 11.1. The van der Waals surface area contributed by atoms with Crippen LogP contribution in [0.4, 0.5) is 5.69 Å². The van der Waals surface area contributed by atoms with E-state index >= 15 is 0 Å². The van der Waals surface area contributed by atoms with Crippen molar-refractivity contribution >= 4 is 28.5 Å². The predicted octanol–water partition coefficient (Wildman–Crippen LogP) is 1.28. The number of thioether (sulfide) groups is 1. The summed E-state index contributed by atoms with van der Waals surface area (Å²) in [6.45, 7) is 2.59. The summed E-state index contributed by atoms with van der Waals surface area (Å²) in [6.07, 6.45) is -2.90. The molecule has 2 atom stereocenters. The Labute approximate surface area is 129 Å². The van der Waals surface area contributed by atoms with Gasteiger partial charge in [-0.2, -0.15) is 0 Å². The summed E-state index contributed by atoms with van der Waals surface area (Å²) in [5.74, 6) is -1.48. The molecule has 0 heterocycles. The lowest BCUT2D eigenvalue weighted by Gasteiger charge is -2.18. The number of aromatic carboxylic acids is 1. The number of aliphatic hydroxyl groups is 2. The fourth-order valence-corrected chi connectivity index (χ4v) is 2.41. The summed E-state index contributed by atoms with van der Waals surface area (Å²) < 4.78 is 0. The molecular weight excluding hydrogens is 314 g/mol. The van der Waals surface area contributed by atoms with Crippen molar-refractivity contribution in [3.63, 3.8) is 0 Å². The molecule has 9 heteroatoms. The minimum absolute atomic E-state index is 0.0407. The lowest BCUT2D eigenvalue weighted by Crippen LogP contribution is -2.22. The second-order valence-corrected chi connectivity index (χ2v) is 5.79. The molecule has 3 N–H and O–H groups in total. The average molecular weight is 329 g/mol. The van der Waals surface area contributed by atoms with E-state index < -0.39 is 28.8 Å². The molecule has 1 aromatic carbocycles. The Morgan fingerprint density at radius 2 is 1.95 bits per heavy atom. The van der Waals surface area contributed by atoms with Crippen molar-refractivity contribution in [3.8, 4) is 0 Å². The lowest BCUT2D eigenvalue weighted by atomic mass is 9.97. The molecule has 0 radical (unpaired) electrons. The van der Waals surface area contributed by atoms with E-state index in [2.05, 4.69) is 0 Å². The van der Waals surface area contributed by atoms with Gasteiger partial charge in [0.1, 0.15) is 6.10 Å². The van der Waals surface area contributed by atoms with Crippen molar-refractivity contribution in [3.05, 3.63) is 38.9 Å². The smallest absolute Gasteiger partial charge is 0.336 e. The molecule has 1 rings (SSSR count). The molecule has 22 heavy (non-hydrogen) atoms. The number of aliphatic hydroxyl groups excluding tert-OH is 2. The van der Waals surface area contributed by atoms with Crippen LogP contribution in [0.5, 0.6) is 0 Å². The van der Waals surface area contributed by atoms with E-state index in [0.717, 1.165) is 23.9 Å². The van der Waals surface area contributed by atoms with Gasteiger partial charge in [-0.25, -0.2) is 4.79 Å². The van der Waals surface area contributed by atoms with Crippen molar-refractivity contribution in [1.29, 1.82) is 0 Å². The zero-order valence-electron chi connectivity index (χ0n) is 11.8. The van der Waals surface area contributed by atoms with Gasteiger partial charge in [0.15, 0.2) is 5.12 Å². The third kappa shape index (κ3) is 4.26. The Bertz CT molecular complexity index is 581. The van der Waals surface area contributed by atoms with Crippen LogP contribution in [0.1, 0.15) is 34.5 Å². The third-order valence-corrected chi connectivity index (χ3v) is 3.91. The van der Waals surface area contributed by atoms with Gasteiger partial charge in [0.05, 0.1) is 16.6 Å². The molecule has 0 spiro atoms. The number of carboxylic acids is 1. The summed E-state index contributed by atoms with van der Waals surface area (Å²) in [7, 11) is 0. The van der Waals surface area contributed by atoms with E-state index in [4.69, 9.17) is 5.11 Å². The molecule has 0 fully saturated rings. The van der Waals surface area contributed by atoms with Gasteiger partial charge in [-0.15, -0.1) is 0 Å². The van der Waals surface area contributed by atoms with Crippen LogP contribution in [0.3, 0.4) is 0 Å². The number of hydrogen-bond donors (Lipinski definition) is 3. The minimum atomic E-state index is -1.54. The zero-order valence-corrected chi connectivity index (χ0v) is 12.7. The van der Waals surface area contributed by atoms with Crippen molar-refractivity contribution in [2.24, 2.45) is 0 Å². The molecule has 2 unspecified atom stereocenters. The first kappa shape index (κ1) is 18.1. The molecule has 1 aromatic rings. The Morgan fingerprint density at radius 1 is 1.36 bits per heavy atom. The van der Waals surface area contributed by atoms with Gasteiger partial charge in [-0.05, 0) is 18.6 Å². The molecule has 0 aliphatic carbocycles. The van der Waals surface area contributed by atoms with E-state index in [1.165, 1.54) is 13.8 Å². The van der Waals surface area contributed by atoms with Gasteiger partial charge < -0.3 is 15.3 Å². The SMILES string of the molecule is CC(=O)SCC(O)C(O)c1cc(C(=O)O)c(C)c([N+](=O)[O-])c1. The van der Waals surface area contributed by atoms with Gasteiger partial charge in [0, 0.05) is 24.3 Å². The Balaban J connectivity index is 3.20. The number of nitro benzene ring substituents is 1. The highest BCUT2D eigenvalue weighted by Crippen LogP contribution is 2.29. The van der Waals surface area contributed by atoms with Crippen LogP contribution >= 0.6 is 11.8 Å². The van der Waals surface area contributed by atoms with E-state index in [0.29, 0.717) is 0 Å². The molecule has 0 aliphatic heterocycles. The quantitative estimate of drug-likeness (QED) is 0.524. The van der Waals surface area contributed by atoms with Crippen molar-refractivity contribution in [1.82, 2.24) is 0 Å². The molecule has 0 amide bonds. The third-order valence-electron chi connectivity index (χ3n) is 2.99. The number of nitrogens with zero attached hydrogens (tertiary/aromatic N) is 1. The molecule has 120 valence electrons. The van der Waals surface area contributed by atoms with E-state index in [1.54, 1.807) is 0 Å². The van der Waals surface area contributed by atoms with Crippen molar-refractivity contribution < 1.29 is 29.8 Å². The first-order chi connectivity index (χ1) is 10.1. The van der Waals surface area contributed by atoms with E-state index in [-0.39, 0.29) is 27.6 Å². The van der Waals surface area contributed by atoms with Crippen LogP contribution in [-0.4, -0.2) is 43.2 Å². The molecule has 0 saturated heterocycles. The molecule has 0 saturated carbocycles. The topological polar surface area (TPSA) is 138 Å². The summed E-state index contributed by atoms with van der Waals surface area (Å²) in [6, 6.07) is 2.10. The normalized spacial score (nSPS) is 13.5. The highest BCUT2D eigenvalue weighted by Gasteiger charge is 2.26. The molecule has 0 aromatic heterocycles. The number of nitro groups is 1. The van der Waals surface area contributed by atoms with Crippen LogP contribution in [0.2, 0.25) is 0 Å². The second-order valence-electron chi connectivity index (χ2n) is 4.59. The molecule has 0 bridgehead atoms. The zero-order chi connectivity index (χ0) is 17.0. The second kappa shape index (κ2) is 7.34. The first-order valence-electron chi connectivity index (χ1n) is 6.16. The monoisotopic (exact) mass is 329 g/mol. The van der Waals surface area contributed by atoms with Crippen LogP contribution < -0.4 is 0 Å². The first-order valence-corrected chi connectivity index (χ1v) is 7.15. The maximum Gasteiger partial charge on any atom is 0.336 e. The van der Waals surface area contributed by atoms with E-state index in [9.17, 15) is 29.9 Å². The van der Waals surface area contributed by atoms with Crippen molar-refractivity contribution in [2.75, 3.05) is 5.75 Å². The number of hydrogen-bond acceptors (Lipinski definition) is 7.